The van der Waals surface area contributed by atoms with E-state index in [-0.39, 0.29) is 18.0 Å². The van der Waals surface area contributed by atoms with Crippen molar-refractivity contribution in [3.05, 3.63) is 22.7 Å². The molecule has 1 unspecified atom stereocenters. The number of nitrogens with one attached hydrogen (secondary N) is 1. The van der Waals surface area contributed by atoms with Crippen LogP contribution in [0.2, 0.25) is 0 Å². The molecule has 1 atom stereocenters. The summed E-state index contributed by atoms with van der Waals surface area (Å²) in [6.45, 7) is 9.56. The summed E-state index contributed by atoms with van der Waals surface area (Å²) in [6, 6.07) is 0. The summed E-state index contributed by atoms with van der Waals surface area (Å²) in [5.74, 6) is 0.591. The van der Waals surface area contributed by atoms with Crippen molar-refractivity contribution in [2.45, 2.75) is 13.3 Å². The zero-order valence-corrected chi connectivity index (χ0v) is 14.2. The Bertz CT molecular complexity index is 547. The number of halogens is 1. The molecule has 2 aliphatic rings. The van der Waals surface area contributed by atoms with Gasteiger partial charge in [-0.15, -0.1) is 12.4 Å². The van der Waals surface area contributed by atoms with Crippen molar-refractivity contribution in [2.75, 3.05) is 50.7 Å². The Balaban J connectivity index is 0.00000176. The van der Waals surface area contributed by atoms with Crippen LogP contribution in [-0.4, -0.2) is 60.3 Å². The largest absolute Gasteiger partial charge is 0.349 e. The van der Waals surface area contributed by atoms with E-state index >= 15 is 0 Å². The van der Waals surface area contributed by atoms with E-state index in [1.807, 2.05) is 0 Å². The van der Waals surface area contributed by atoms with E-state index in [0.29, 0.717) is 11.2 Å². The van der Waals surface area contributed by atoms with Crippen LogP contribution in [-0.2, 0) is 7.05 Å². The molecular formula is C15H26ClN5O. The quantitative estimate of drug-likeness (QED) is 0.867. The van der Waals surface area contributed by atoms with Crippen molar-refractivity contribution in [1.82, 2.24) is 19.8 Å². The van der Waals surface area contributed by atoms with Gasteiger partial charge in [-0.1, -0.05) is 6.92 Å². The normalized spacial score (nSPS) is 26.0. The molecular weight excluding hydrogens is 302 g/mol. The van der Waals surface area contributed by atoms with Gasteiger partial charge in [-0.05, 0) is 18.4 Å². The molecule has 0 bridgehead atoms. The fourth-order valence-corrected chi connectivity index (χ4v) is 3.36. The first-order chi connectivity index (χ1) is 10.1. The molecule has 2 aliphatic heterocycles. The Hall–Kier alpha value is -1.11. The van der Waals surface area contributed by atoms with Gasteiger partial charge in [0.2, 0.25) is 0 Å². The number of anilines is 1. The molecule has 0 aliphatic carbocycles. The Morgan fingerprint density at radius 1 is 1.32 bits per heavy atom. The predicted octanol–water partition coefficient (Wildman–Crippen LogP) is 0.324. The minimum absolute atomic E-state index is 0. The maximum atomic E-state index is 12.1. The predicted molar refractivity (Wildman–Crippen MR) is 91.0 cm³/mol. The molecule has 0 spiro atoms. The van der Waals surface area contributed by atoms with Gasteiger partial charge in [-0.25, -0.2) is 4.98 Å². The van der Waals surface area contributed by atoms with Crippen molar-refractivity contribution < 1.29 is 0 Å². The van der Waals surface area contributed by atoms with Gasteiger partial charge in [0.1, 0.15) is 0 Å². The molecule has 1 aromatic heterocycles. The molecule has 2 fully saturated rings. The van der Waals surface area contributed by atoms with Crippen molar-refractivity contribution >= 4 is 18.2 Å². The highest BCUT2D eigenvalue weighted by Crippen LogP contribution is 2.26. The van der Waals surface area contributed by atoms with E-state index in [1.54, 1.807) is 24.0 Å². The van der Waals surface area contributed by atoms with Gasteiger partial charge < -0.3 is 14.8 Å². The Labute approximate surface area is 137 Å². The lowest BCUT2D eigenvalue weighted by Crippen LogP contribution is -2.51. The average molecular weight is 328 g/mol. The third-order valence-corrected chi connectivity index (χ3v) is 4.73. The van der Waals surface area contributed by atoms with Gasteiger partial charge >= 0.3 is 0 Å². The van der Waals surface area contributed by atoms with Crippen LogP contribution < -0.4 is 15.8 Å². The van der Waals surface area contributed by atoms with Gasteiger partial charge in [-0.2, -0.15) is 0 Å². The highest BCUT2D eigenvalue weighted by atomic mass is 35.5. The Kier molecular flexibility index (Phi) is 5.47. The lowest BCUT2D eigenvalue weighted by atomic mass is 9.89. The number of aryl methyl sites for hydroxylation is 1. The van der Waals surface area contributed by atoms with Gasteiger partial charge in [0.05, 0.1) is 0 Å². The minimum atomic E-state index is -0.00194. The molecule has 0 amide bonds. The first kappa shape index (κ1) is 17.2. The second kappa shape index (κ2) is 6.98. The van der Waals surface area contributed by atoms with E-state index < -0.39 is 0 Å². The molecule has 7 heteroatoms. The molecule has 124 valence electrons. The fourth-order valence-electron chi connectivity index (χ4n) is 3.36. The van der Waals surface area contributed by atoms with Crippen LogP contribution in [0.3, 0.4) is 0 Å². The van der Waals surface area contributed by atoms with Gasteiger partial charge in [-0.3, -0.25) is 9.69 Å². The number of hydrogen-bond acceptors (Lipinski definition) is 5. The molecule has 2 saturated heterocycles. The summed E-state index contributed by atoms with van der Waals surface area (Å²) in [7, 11) is 1.78. The number of rotatable bonds is 3. The zero-order chi connectivity index (χ0) is 14.9. The summed E-state index contributed by atoms with van der Waals surface area (Å²) in [6.07, 6.45) is 4.67. The number of aromatic nitrogens is 2. The fraction of sp³-hybridized carbons (Fsp3) is 0.733. The SMILES string of the molecule is Cl.Cn1ccnc(N2CCN(CC3(C)CCNC3)CC2)c1=O. The zero-order valence-electron chi connectivity index (χ0n) is 13.4. The maximum Gasteiger partial charge on any atom is 0.293 e. The third-order valence-electron chi connectivity index (χ3n) is 4.73. The lowest BCUT2D eigenvalue weighted by Gasteiger charge is -2.38. The molecule has 3 heterocycles. The molecule has 0 saturated carbocycles. The van der Waals surface area contributed by atoms with Gasteiger partial charge in [0.15, 0.2) is 5.82 Å². The standard InChI is InChI=1S/C15H25N5O.ClH/c1-15(3-4-16-11-15)12-19-7-9-20(10-8-19)13-14(21)18(2)6-5-17-13;/h5-6,16H,3-4,7-12H2,1-2H3;1H. The van der Waals surface area contributed by atoms with Crippen molar-refractivity contribution in [3.8, 4) is 0 Å². The van der Waals surface area contributed by atoms with Gasteiger partial charge in [0, 0.05) is 58.7 Å². The average Bonchev–Trinajstić information content (AvgIpc) is 2.89. The van der Waals surface area contributed by atoms with E-state index in [0.717, 1.165) is 45.8 Å². The molecule has 0 aromatic carbocycles. The highest BCUT2D eigenvalue weighted by Gasteiger charge is 2.32. The van der Waals surface area contributed by atoms with Crippen LogP contribution in [0, 0.1) is 5.41 Å². The summed E-state index contributed by atoms with van der Waals surface area (Å²) < 4.78 is 1.60. The Morgan fingerprint density at radius 2 is 2.05 bits per heavy atom. The van der Waals surface area contributed by atoms with Crippen molar-refractivity contribution in [3.63, 3.8) is 0 Å². The number of piperazine rings is 1. The maximum absolute atomic E-state index is 12.1. The molecule has 3 rings (SSSR count). The second-order valence-corrected chi connectivity index (χ2v) is 6.67. The van der Waals surface area contributed by atoms with E-state index in [4.69, 9.17) is 0 Å². The monoisotopic (exact) mass is 327 g/mol. The van der Waals surface area contributed by atoms with Crippen LogP contribution in [0.15, 0.2) is 17.2 Å². The lowest BCUT2D eigenvalue weighted by molar-refractivity contribution is 0.169. The number of hydrogen-bond donors (Lipinski definition) is 1. The van der Waals surface area contributed by atoms with Crippen LogP contribution in [0.4, 0.5) is 5.82 Å². The first-order valence-electron chi connectivity index (χ1n) is 7.77. The van der Waals surface area contributed by atoms with E-state index in [9.17, 15) is 4.79 Å². The number of nitrogens with zero attached hydrogens (tertiary/aromatic N) is 4. The van der Waals surface area contributed by atoms with Crippen molar-refractivity contribution in [2.24, 2.45) is 12.5 Å². The molecule has 22 heavy (non-hydrogen) atoms. The second-order valence-electron chi connectivity index (χ2n) is 6.67. The highest BCUT2D eigenvalue weighted by molar-refractivity contribution is 5.85. The van der Waals surface area contributed by atoms with Crippen LogP contribution >= 0.6 is 12.4 Å². The van der Waals surface area contributed by atoms with Crippen LogP contribution in [0.25, 0.3) is 0 Å². The summed E-state index contributed by atoms with van der Waals surface area (Å²) in [5.41, 5.74) is 0.404. The minimum Gasteiger partial charge on any atom is -0.349 e. The van der Waals surface area contributed by atoms with Gasteiger partial charge in [0.25, 0.3) is 5.56 Å². The third kappa shape index (κ3) is 3.62. The summed E-state index contributed by atoms with van der Waals surface area (Å²) in [4.78, 5) is 21.0. The van der Waals surface area contributed by atoms with Crippen molar-refractivity contribution in [1.29, 1.82) is 0 Å². The van der Waals surface area contributed by atoms with Crippen LogP contribution in [0.1, 0.15) is 13.3 Å². The van der Waals surface area contributed by atoms with Crippen LogP contribution in [0.5, 0.6) is 0 Å². The topological polar surface area (TPSA) is 53.4 Å². The summed E-state index contributed by atoms with van der Waals surface area (Å²) >= 11 is 0. The van der Waals surface area contributed by atoms with E-state index in [1.165, 1.54) is 6.42 Å². The molecule has 6 nitrogen and oxygen atoms in total. The smallest absolute Gasteiger partial charge is 0.293 e. The first-order valence-corrected chi connectivity index (χ1v) is 7.77. The molecule has 0 radical (unpaired) electrons. The molecule has 1 N–H and O–H groups in total. The summed E-state index contributed by atoms with van der Waals surface area (Å²) in [5, 5.41) is 3.46. The molecule has 1 aromatic rings. The van der Waals surface area contributed by atoms with E-state index in [2.05, 4.69) is 27.0 Å². The Morgan fingerprint density at radius 3 is 2.68 bits per heavy atom.